The molecule has 70 heavy (non-hydrogen) atoms. The number of hydrogen-bond acceptors (Lipinski definition) is 19. The highest BCUT2D eigenvalue weighted by molar-refractivity contribution is 6.66. The van der Waals surface area contributed by atoms with Gasteiger partial charge in [0.05, 0.1) is 21.9 Å². The second kappa shape index (κ2) is 14.3. The number of fused-ring (bicyclic) bond motifs is 11. The van der Waals surface area contributed by atoms with Gasteiger partial charge in [0, 0.05) is 16.7 Å². The monoisotopic (exact) mass is 929 g/mol. The van der Waals surface area contributed by atoms with Crippen LogP contribution in [0.5, 0.6) is 74.7 Å². The molecule has 17 N–H and O–H groups in total. The van der Waals surface area contributed by atoms with Gasteiger partial charge < -0.3 is 86.8 Å². The summed E-state index contributed by atoms with van der Waals surface area (Å²) < 4.78 is 11.5. The summed E-state index contributed by atoms with van der Waals surface area (Å²) in [6, 6.07) is 0. The fraction of sp³-hybridized carbons (Fsp3) is 0.0476. The smallest absolute Gasteiger partial charge is 0.251 e. The molecule has 16 radical (unpaired) electrons. The quantitative estimate of drug-likeness (QED) is 0.0286. The summed E-state index contributed by atoms with van der Waals surface area (Å²) in [4.78, 5) is 0. The molecule has 1 aliphatic carbocycles. The summed E-state index contributed by atoms with van der Waals surface area (Å²) in [7, 11) is 51.0. The predicted molar refractivity (Wildman–Crippen MR) is 257 cm³/mol. The zero-order valence-electron chi connectivity index (χ0n) is 34.6. The van der Waals surface area contributed by atoms with Crippen molar-refractivity contribution in [1.29, 1.82) is 0 Å². The maximum absolute atomic E-state index is 12.7. The number of hydrogen-bond donors (Lipinski definition) is 17. The lowest BCUT2D eigenvalue weighted by Gasteiger charge is -2.29. The van der Waals surface area contributed by atoms with E-state index < -0.39 is 230 Å². The van der Waals surface area contributed by atoms with E-state index >= 15 is 0 Å². The second-order valence-corrected chi connectivity index (χ2v) is 16.3. The maximum Gasteiger partial charge on any atom is 0.251 e. The predicted octanol–water partition coefficient (Wildman–Crippen LogP) is -2.27. The number of aromatic hydroxyl groups is 13. The van der Waals surface area contributed by atoms with Crippen molar-refractivity contribution in [2.24, 2.45) is 0 Å². The Morgan fingerprint density at radius 2 is 0.814 bits per heavy atom. The topological polar surface area (TPSA) is 375 Å². The number of phenols is 13. The van der Waals surface area contributed by atoms with Crippen molar-refractivity contribution in [2.75, 3.05) is 0 Å². The number of rotatable bonds is 2. The third-order valence-corrected chi connectivity index (χ3v) is 12.9. The Hall–Kier alpha value is -8.52. The minimum atomic E-state index is -2.40. The minimum absolute atomic E-state index is 0.386. The van der Waals surface area contributed by atoms with Crippen molar-refractivity contribution < 1.29 is 96.0 Å². The van der Waals surface area contributed by atoms with Crippen molar-refractivity contribution in [2.45, 2.75) is 12.0 Å². The largest absolute Gasteiger partial charge is 0.508 e. The van der Waals surface area contributed by atoms with E-state index in [4.69, 9.17) is 71.9 Å². The lowest BCUT2D eigenvalue weighted by Crippen LogP contribution is -2.40. The SMILES string of the molecule is [B]C1=C(O)C(O)=C(O)C(O)C1c1c(O)c(O)c2c3c(O)c(O)c(O)c(O)c3n3c4c(O)c(-c5c([B])c(O)c6c7c([B])c(O)c(O)c([B])c7c7c(O)c([B])c([B])c([B])c7c6c5[B])c(O)c(O)c4ooc1c23. The van der Waals surface area contributed by atoms with Crippen LogP contribution in [0, 0.1) is 0 Å². The van der Waals surface area contributed by atoms with Crippen LogP contribution < -0.4 is 38.2 Å². The molecule has 330 valence electrons. The molecule has 0 bridgehead atoms. The average molecular weight is 928 g/mol. The van der Waals surface area contributed by atoms with E-state index in [1.165, 1.54) is 0 Å². The first-order valence-corrected chi connectivity index (χ1v) is 19.6. The molecule has 2 atom stereocenters. The fourth-order valence-corrected chi connectivity index (χ4v) is 9.60. The van der Waals surface area contributed by atoms with Gasteiger partial charge >= 0.3 is 0 Å². The standard InChI is InChI=1S/C42H19B8NO19/c43-13-1-2-6(25(53)20(50)19(49)14(2)44)4-3(15(45)32(60)33(61)16(4)46)5(1)24(52)17(47)7(13)11-26(54)23-42(40(68)30(11)58)70-69-41-12(8-18(48)34(62)38(66)36(64)27(8)55)31(59)28(56)10-9-21(51(23)22(10)41)35(63)39(67)37(65)29(9)57/h8,27,52-68H. The molecule has 0 aliphatic heterocycles. The van der Waals surface area contributed by atoms with Gasteiger partial charge in [-0.2, -0.15) is 0 Å². The van der Waals surface area contributed by atoms with Crippen LogP contribution in [0.3, 0.4) is 0 Å². The maximum atomic E-state index is 12.7. The van der Waals surface area contributed by atoms with E-state index in [1.54, 1.807) is 0 Å². The summed E-state index contributed by atoms with van der Waals surface area (Å²) in [5.41, 5.74) is -13.3. The Bertz CT molecular complexity index is 4110. The third kappa shape index (κ3) is 5.06. The van der Waals surface area contributed by atoms with E-state index in [-0.39, 0.29) is 5.39 Å². The lowest BCUT2D eigenvalue weighted by atomic mass is 9.65. The molecule has 7 aromatic carbocycles. The summed E-state index contributed by atoms with van der Waals surface area (Å²) in [6.07, 6.45) is -2.40. The Labute approximate surface area is 397 Å². The average Bonchev–Trinajstić information content (AvgIpc) is 3.59. The summed E-state index contributed by atoms with van der Waals surface area (Å²) in [5.74, 6) is -22.6. The number of aromatic nitrogens is 1. The van der Waals surface area contributed by atoms with Gasteiger partial charge in [0.15, 0.2) is 51.8 Å². The number of aliphatic hydroxyl groups excluding tert-OH is 4. The molecule has 1 aliphatic rings. The van der Waals surface area contributed by atoms with E-state index in [1.807, 2.05) is 0 Å². The van der Waals surface area contributed by atoms with Crippen molar-refractivity contribution >= 4 is 172 Å². The van der Waals surface area contributed by atoms with E-state index in [0.29, 0.717) is 4.40 Å². The molecule has 0 amide bonds. The van der Waals surface area contributed by atoms with Crippen LogP contribution in [0.1, 0.15) is 11.5 Å². The zero-order valence-corrected chi connectivity index (χ0v) is 34.6. The molecule has 10 rings (SSSR count). The van der Waals surface area contributed by atoms with Crippen LogP contribution in [0.25, 0.3) is 81.9 Å². The number of benzene rings is 7. The number of aliphatic hydroxyl groups is 4. The first kappa shape index (κ1) is 45.3. The van der Waals surface area contributed by atoms with Crippen LogP contribution in [0.4, 0.5) is 0 Å². The first-order chi connectivity index (χ1) is 32.8. The van der Waals surface area contributed by atoms with Crippen LogP contribution in [0.15, 0.2) is 31.9 Å². The highest BCUT2D eigenvalue weighted by atomic mass is 17.0. The Kier molecular flexibility index (Phi) is 9.22. The van der Waals surface area contributed by atoms with Gasteiger partial charge in [-0.1, -0.05) is 21.9 Å². The van der Waals surface area contributed by atoms with Crippen molar-refractivity contribution in [3.8, 4) is 85.9 Å². The molecule has 0 saturated carbocycles. The summed E-state index contributed by atoms with van der Waals surface area (Å²) in [5, 5.41) is 188. The molecule has 2 unspecified atom stereocenters. The van der Waals surface area contributed by atoms with Gasteiger partial charge in [-0.25, -0.2) is 0 Å². The molecule has 0 fully saturated rings. The van der Waals surface area contributed by atoms with Gasteiger partial charge in [0.2, 0.25) is 22.8 Å². The lowest BCUT2D eigenvalue weighted by molar-refractivity contribution is 0.0853. The minimum Gasteiger partial charge on any atom is -0.508 e. The van der Waals surface area contributed by atoms with Crippen LogP contribution in [-0.4, -0.2) is 160 Å². The van der Waals surface area contributed by atoms with Crippen molar-refractivity contribution in [3.63, 3.8) is 0 Å². The number of nitrogens with zero attached hydrogens (tertiary/aromatic N) is 1. The van der Waals surface area contributed by atoms with Crippen LogP contribution in [0.2, 0.25) is 0 Å². The summed E-state index contributed by atoms with van der Waals surface area (Å²) >= 11 is 0. The Morgan fingerprint density at radius 1 is 0.329 bits per heavy atom. The highest BCUT2D eigenvalue weighted by Gasteiger charge is 2.42. The molecule has 9 aromatic rings. The molecular formula is C42H19B8NO19. The van der Waals surface area contributed by atoms with Crippen molar-refractivity contribution in [1.82, 2.24) is 4.40 Å². The fourth-order valence-electron chi connectivity index (χ4n) is 9.60. The van der Waals surface area contributed by atoms with Gasteiger partial charge in [0.1, 0.15) is 108 Å². The second-order valence-electron chi connectivity index (χ2n) is 16.3. The van der Waals surface area contributed by atoms with Crippen LogP contribution >= 0.6 is 0 Å². The molecule has 2 heterocycles. The van der Waals surface area contributed by atoms with E-state index in [9.17, 15) is 86.8 Å². The summed E-state index contributed by atoms with van der Waals surface area (Å²) in [6.45, 7) is 0. The molecule has 20 nitrogen and oxygen atoms in total. The van der Waals surface area contributed by atoms with E-state index in [2.05, 4.69) is 0 Å². The van der Waals surface area contributed by atoms with Crippen LogP contribution in [-0.2, 0) is 0 Å². The molecule has 0 saturated heterocycles. The first-order valence-electron chi connectivity index (χ1n) is 19.6. The Balaban J connectivity index is 1.49. The van der Waals surface area contributed by atoms with Crippen molar-refractivity contribution in [3.05, 3.63) is 28.3 Å². The molecule has 28 heteroatoms. The number of phenolic OH excluding ortho intramolecular Hbond substituents is 13. The van der Waals surface area contributed by atoms with Gasteiger partial charge in [0.25, 0.3) is 5.58 Å². The Morgan fingerprint density at radius 3 is 1.40 bits per heavy atom. The molecular weight excluding hydrogens is 909 g/mol. The van der Waals surface area contributed by atoms with Gasteiger partial charge in [-0.15, -0.1) is 5.46 Å². The van der Waals surface area contributed by atoms with Gasteiger partial charge in [-0.05, 0) is 43.5 Å². The molecule has 2 aromatic heterocycles. The highest BCUT2D eigenvalue weighted by Crippen LogP contribution is 2.60. The zero-order chi connectivity index (χ0) is 51.2. The van der Waals surface area contributed by atoms with Gasteiger partial charge in [-0.3, -0.25) is 13.6 Å². The third-order valence-electron chi connectivity index (χ3n) is 12.9. The molecule has 0 spiro atoms. The normalized spacial score (nSPS) is 15.6. The van der Waals surface area contributed by atoms with E-state index in [0.717, 1.165) is 0 Å².